The van der Waals surface area contributed by atoms with Gasteiger partial charge in [0.2, 0.25) is 11.8 Å². The Balaban J connectivity index is 1.91. The second-order valence-electron chi connectivity index (χ2n) is 8.88. The second kappa shape index (κ2) is 13.3. The van der Waals surface area contributed by atoms with Gasteiger partial charge in [0.05, 0.1) is 13.5 Å². The number of hydrogen-bond acceptors (Lipinski definition) is 3. The zero-order valence-corrected chi connectivity index (χ0v) is 21.0. The Morgan fingerprint density at radius 3 is 2.17 bits per heavy atom. The molecule has 3 aromatic carbocycles. The van der Waals surface area contributed by atoms with Crippen LogP contribution in [-0.4, -0.2) is 36.4 Å². The summed E-state index contributed by atoms with van der Waals surface area (Å²) in [4.78, 5) is 28.9. The molecule has 0 bridgehead atoms. The number of nitrogens with zero attached hydrogens (tertiary/aromatic N) is 1. The quantitative estimate of drug-likeness (QED) is 0.373. The van der Waals surface area contributed by atoms with Gasteiger partial charge in [0.25, 0.3) is 0 Å². The van der Waals surface area contributed by atoms with E-state index in [4.69, 9.17) is 4.74 Å². The summed E-state index contributed by atoms with van der Waals surface area (Å²) in [6, 6.07) is 24.9. The van der Waals surface area contributed by atoms with E-state index in [9.17, 15) is 9.59 Å². The zero-order valence-electron chi connectivity index (χ0n) is 21.0. The molecule has 0 aromatic heterocycles. The summed E-state index contributed by atoms with van der Waals surface area (Å²) < 4.78 is 5.24. The van der Waals surface area contributed by atoms with Crippen LogP contribution in [0.25, 0.3) is 0 Å². The van der Waals surface area contributed by atoms with Gasteiger partial charge in [0.15, 0.2) is 0 Å². The minimum absolute atomic E-state index is 0.0812. The van der Waals surface area contributed by atoms with Crippen LogP contribution >= 0.6 is 0 Å². The molecule has 5 nitrogen and oxygen atoms in total. The van der Waals surface area contributed by atoms with Crippen molar-refractivity contribution in [1.82, 2.24) is 10.2 Å². The fourth-order valence-electron chi connectivity index (χ4n) is 3.97. The molecule has 0 aliphatic rings. The topological polar surface area (TPSA) is 58.6 Å². The van der Waals surface area contributed by atoms with Crippen LogP contribution in [0.5, 0.6) is 5.75 Å². The molecular formula is C30H36N2O3. The molecule has 0 saturated carbocycles. The molecule has 0 fully saturated rings. The van der Waals surface area contributed by atoms with E-state index < -0.39 is 6.04 Å². The van der Waals surface area contributed by atoms with Crippen LogP contribution in [0.3, 0.4) is 0 Å². The first-order valence-electron chi connectivity index (χ1n) is 12.3. The van der Waals surface area contributed by atoms with Crippen LogP contribution in [0, 0.1) is 6.92 Å². The van der Waals surface area contributed by atoms with Crippen LogP contribution in [0.2, 0.25) is 0 Å². The third-order valence-electron chi connectivity index (χ3n) is 6.09. The Labute approximate surface area is 209 Å². The van der Waals surface area contributed by atoms with E-state index in [0.29, 0.717) is 19.5 Å². The van der Waals surface area contributed by atoms with Crippen molar-refractivity contribution >= 4 is 11.8 Å². The third-order valence-corrected chi connectivity index (χ3v) is 6.09. The highest BCUT2D eigenvalue weighted by Crippen LogP contribution is 2.18. The predicted octanol–water partition coefficient (Wildman–Crippen LogP) is 5.10. The van der Waals surface area contributed by atoms with Crippen molar-refractivity contribution in [2.45, 2.75) is 52.1 Å². The highest BCUT2D eigenvalue weighted by atomic mass is 16.5. The third kappa shape index (κ3) is 7.99. The molecular weight excluding hydrogens is 436 g/mol. The number of benzene rings is 3. The van der Waals surface area contributed by atoms with Gasteiger partial charge in [-0.1, -0.05) is 85.6 Å². The van der Waals surface area contributed by atoms with Crippen LogP contribution < -0.4 is 10.1 Å². The van der Waals surface area contributed by atoms with E-state index in [1.165, 1.54) is 0 Å². The molecule has 0 aliphatic carbocycles. The highest BCUT2D eigenvalue weighted by molar-refractivity contribution is 5.88. The van der Waals surface area contributed by atoms with Gasteiger partial charge in [0, 0.05) is 19.5 Å². The van der Waals surface area contributed by atoms with Gasteiger partial charge in [-0.15, -0.1) is 0 Å². The number of nitrogens with one attached hydrogen (secondary N) is 1. The first-order valence-corrected chi connectivity index (χ1v) is 12.3. The highest BCUT2D eigenvalue weighted by Gasteiger charge is 2.30. The normalized spacial score (nSPS) is 11.5. The molecule has 1 atom stereocenters. The smallest absolute Gasteiger partial charge is 0.243 e. The van der Waals surface area contributed by atoms with Crippen LogP contribution in [0.4, 0.5) is 0 Å². The maximum absolute atomic E-state index is 13.7. The van der Waals surface area contributed by atoms with Crippen molar-refractivity contribution in [3.63, 3.8) is 0 Å². The van der Waals surface area contributed by atoms with Crippen molar-refractivity contribution in [2.75, 3.05) is 13.7 Å². The van der Waals surface area contributed by atoms with Crippen LogP contribution in [0.15, 0.2) is 78.9 Å². The lowest BCUT2D eigenvalue weighted by molar-refractivity contribution is -0.140. The number of rotatable bonds is 12. The number of carbonyl (C=O) groups excluding carboxylic acids is 2. The summed E-state index contributed by atoms with van der Waals surface area (Å²) >= 11 is 0. The first kappa shape index (κ1) is 26.0. The average Bonchev–Trinajstić information content (AvgIpc) is 2.88. The summed E-state index contributed by atoms with van der Waals surface area (Å²) in [6.45, 7) is 5.10. The molecule has 0 spiro atoms. The molecule has 1 unspecified atom stereocenters. The van der Waals surface area contributed by atoms with E-state index in [1.807, 2.05) is 85.8 Å². The van der Waals surface area contributed by atoms with Crippen LogP contribution in [0.1, 0.15) is 42.0 Å². The molecule has 0 radical (unpaired) electrons. The first-order chi connectivity index (χ1) is 17.0. The summed E-state index contributed by atoms with van der Waals surface area (Å²) in [7, 11) is 1.62. The minimum Gasteiger partial charge on any atom is -0.497 e. The Hall–Kier alpha value is -3.60. The standard InChI is InChI=1S/C30H36N2O3/c1-4-5-19-31-30(34)28(20-24-9-7-6-8-10-24)32(22-26-13-11-23(2)12-14-26)29(33)21-25-15-17-27(35-3)18-16-25/h6-18,28H,4-5,19-22H2,1-3H3,(H,31,34). The van der Waals surface area contributed by atoms with E-state index >= 15 is 0 Å². The zero-order chi connectivity index (χ0) is 25.0. The molecule has 5 heteroatoms. The fraction of sp³-hybridized carbons (Fsp3) is 0.333. The molecule has 0 aliphatic heterocycles. The maximum atomic E-state index is 13.7. The van der Waals surface area contributed by atoms with E-state index in [-0.39, 0.29) is 18.2 Å². The molecule has 35 heavy (non-hydrogen) atoms. The average molecular weight is 473 g/mol. The number of amides is 2. The summed E-state index contributed by atoms with van der Waals surface area (Å²) in [5.74, 6) is 0.551. The Morgan fingerprint density at radius 2 is 1.54 bits per heavy atom. The van der Waals surface area contributed by atoms with E-state index in [1.54, 1.807) is 12.0 Å². The molecule has 3 aromatic rings. The van der Waals surface area contributed by atoms with E-state index in [2.05, 4.69) is 12.2 Å². The lowest BCUT2D eigenvalue weighted by atomic mass is 10.0. The summed E-state index contributed by atoms with van der Waals surface area (Å²) in [5, 5.41) is 3.06. The van der Waals surface area contributed by atoms with Gasteiger partial charge in [-0.05, 0) is 42.2 Å². The van der Waals surface area contributed by atoms with Crippen molar-refractivity contribution in [3.8, 4) is 5.75 Å². The Kier molecular flexibility index (Phi) is 9.91. The van der Waals surface area contributed by atoms with E-state index in [0.717, 1.165) is 40.8 Å². The fourth-order valence-corrected chi connectivity index (χ4v) is 3.97. The van der Waals surface area contributed by atoms with Crippen molar-refractivity contribution in [2.24, 2.45) is 0 Å². The van der Waals surface area contributed by atoms with Crippen molar-refractivity contribution < 1.29 is 14.3 Å². The molecule has 2 amide bonds. The SMILES string of the molecule is CCCCNC(=O)C(Cc1ccccc1)N(Cc1ccc(C)cc1)C(=O)Cc1ccc(OC)cc1. The monoisotopic (exact) mass is 472 g/mol. The molecule has 1 N–H and O–H groups in total. The van der Waals surface area contributed by atoms with Gasteiger partial charge < -0.3 is 15.0 Å². The van der Waals surface area contributed by atoms with Gasteiger partial charge in [0.1, 0.15) is 11.8 Å². The molecule has 0 saturated heterocycles. The lowest BCUT2D eigenvalue weighted by Crippen LogP contribution is -2.51. The Morgan fingerprint density at radius 1 is 0.886 bits per heavy atom. The predicted molar refractivity (Wildman–Crippen MR) is 140 cm³/mol. The number of carbonyl (C=O) groups is 2. The number of unbranched alkanes of at least 4 members (excludes halogenated alkanes) is 1. The van der Waals surface area contributed by atoms with Gasteiger partial charge in [-0.3, -0.25) is 9.59 Å². The largest absolute Gasteiger partial charge is 0.497 e. The van der Waals surface area contributed by atoms with Gasteiger partial charge in [-0.25, -0.2) is 0 Å². The van der Waals surface area contributed by atoms with Crippen molar-refractivity contribution in [3.05, 3.63) is 101 Å². The van der Waals surface area contributed by atoms with Crippen molar-refractivity contribution in [1.29, 1.82) is 0 Å². The lowest BCUT2D eigenvalue weighted by Gasteiger charge is -2.32. The van der Waals surface area contributed by atoms with Gasteiger partial charge in [-0.2, -0.15) is 0 Å². The molecule has 184 valence electrons. The maximum Gasteiger partial charge on any atom is 0.243 e. The number of hydrogen-bond donors (Lipinski definition) is 1. The minimum atomic E-state index is -0.610. The van der Waals surface area contributed by atoms with Crippen LogP contribution in [-0.2, 0) is 29.0 Å². The number of ether oxygens (including phenoxy) is 1. The second-order valence-corrected chi connectivity index (χ2v) is 8.88. The van der Waals surface area contributed by atoms with Gasteiger partial charge >= 0.3 is 0 Å². The number of methoxy groups -OCH3 is 1. The summed E-state index contributed by atoms with van der Waals surface area (Å²) in [5.41, 5.74) is 4.06. The molecule has 0 heterocycles. The number of aryl methyl sites for hydroxylation is 1. The molecule has 3 rings (SSSR count). The summed E-state index contributed by atoms with van der Waals surface area (Å²) in [6.07, 6.45) is 2.57. The Bertz CT molecular complexity index is 1060.